The van der Waals surface area contributed by atoms with E-state index in [0.717, 1.165) is 45.3 Å². The summed E-state index contributed by atoms with van der Waals surface area (Å²) in [6.07, 6.45) is 0.684. The molecule has 0 atom stereocenters. The Morgan fingerprint density at radius 1 is 1.05 bits per heavy atom. The van der Waals surface area contributed by atoms with Crippen molar-refractivity contribution in [2.45, 2.75) is 40.3 Å². The Kier molecular flexibility index (Phi) is 10.1. The van der Waals surface area contributed by atoms with Crippen LogP contribution in [0.5, 0.6) is 0 Å². The van der Waals surface area contributed by atoms with Crippen molar-refractivity contribution in [1.82, 2.24) is 24.4 Å². The fourth-order valence-electron chi connectivity index (χ4n) is 4.16. The molecule has 4 aromatic rings. The zero-order valence-corrected chi connectivity index (χ0v) is 23.1. The molecule has 0 spiro atoms. The average Bonchev–Trinajstić information content (AvgIpc) is 3.28. The number of nitrogens with two attached hydrogens (primary N) is 1. The monoisotopic (exact) mass is 544 g/mol. The summed E-state index contributed by atoms with van der Waals surface area (Å²) in [7, 11) is 2.02. The summed E-state index contributed by atoms with van der Waals surface area (Å²) in [5.41, 5.74) is 12.5. The highest BCUT2D eigenvalue weighted by Gasteiger charge is 2.13. The van der Waals surface area contributed by atoms with Gasteiger partial charge in [0.1, 0.15) is 17.5 Å². The van der Waals surface area contributed by atoms with Crippen molar-refractivity contribution in [3.63, 3.8) is 0 Å². The first-order valence-corrected chi connectivity index (χ1v) is 11.6. The summed E-state index contributed by atoms with van der Waals surface area (Å²) in [5.74, 6) is 1.92. The molecule has 0 saturated carbocycles. The number of carbonyl (C=O) groups excluding carboxylic acids is 1. The van der Waals surface area contributed by atoms with Crippen LogP contribution in [0.2, 0.25) is 0 Å². The molecule has 9 nitrogen and oxygen atoms in total. The molecule has 198 valence electrons. The number of anilines is 1. The molecule has 4 rings (SSSR count). The lowest BCUT2D eigenvalue weighted by atomic mass is 10.2. The van der Waals surface area contributed by atoms with Gasteiger partial charge in [-0.15, -0.1) is 24.8 Å². The maximum Gasteiger partial charge on any atom is 0.216 e. The summed E-state index contributed by atoms with van der Waals surface area (Å²) in [4.78, 5) is 20.8. The van der Waals surface area contributed by atoms with Crippen LogP contribution in [0.3, 0.4) is 0 Å². The zero-order chi connectivity index (χ0) is 25.1. The van der Waals surface area contributed by atoms with Crippen molar-refractivity contribution in [2.75, 3.05) is 11.9 Å². The normalized spacial score (nSPS) is 10.5. The van der Waals surface area contributed by atoms with Crippen LogP contribution in [-0.4, -0.2) is 37.4 Å². The summed E-state index contributed by atoms with van der Waals surface area (Å²) < 4.78 is 4.32. The predicted molar refractivity (Wildman–Crippen MR) is 153 cm³/mol. The van der Waals surface area contributed by atoms with Gasteiger partial charge in [0.25, 0.3) is 0 Å². The number of aryl methyl sites for hydroxylation is 2. The summed E-state index contributed by atoms with van der Waals surface area (Å²) in [6.45, 7) is 7.47. The fraction of sp³-hybridized carbons (Fsp3) is 0.308. The average molecular weight is 546 g/mol. The minimum Gasteiger partial charge on any atom is -0.384 e. The van der Waals surface area contributed by atoms with Crippen molar-refractivity contribution in [2.24, 2.45) is 12.8 Å². The van der Waals surface area contributed by atoms with Crippen LogP contribution < -0.4 is 16.4 Å². The molecule has 0 aliphatic heterocycles. The van der Waals surface area contributed by atoms with E-state index in [9.17, 15) is 4.79 Å². The predicted octanol–water partition coefficient (Wildman–Crippen LogP) is 3.85. The molecule has 0 aliphatic carbocycles. The summed E-state index contributed by atoms with van der Waals surface area (Å²) in [5, 5.41) is 13.8. The van der Waals surface area contributed by atoms with Gasteiger partial charge in [-0.05, 0) is 55.8 Å². The zero-order valence-electron chi connectivity index (χ0n) is 21.5. The second kappa shape index (κ2) is 12.6. The second-order valence-corrected chi connectivity index (χ2v) is 8.77. The number of nitrogens with one attached hydrogen (secondary N) is 3. The van der Waals surface area contributed by atoms with Crippen LogP contribution in [0.15, 0.2) is 42.5 Å². The smallest absolute Gasteiger partial charge is 0.216 e. The minimum atomic E-state index is -0.0319. The third kappa shape index (κ3) is 6.81. The molecule has 0 fully saturated rings. The standard InChI is InChI=1S/C26H32N8O.2ClH/c1-16-17(2)34(24(31-16)11-12-29-18(3)35)15-19-5-10-23-22(13-19)32-25(33(23)4)14-30-21-8-6-20(7-9-21)26(27)28;;/h5-10,13,30H,11-12,14-15H2,1-4H3,(H3,27,28)(H,29,35);2*1H. The van der Waals surface area contributed by atoms with Gasteiger partial charge in [0.05, 0.1) is 23.3 Å². The van der Waals surface area contributed by atoms with Crippen LogP contribution in [0.25, 0.3) is 11.0 Å². The molecule has 1 amide bonds. The number of nitrogen functional groups attached to an aromatic ring is 1. The number of hydrogen-bond acceptors (Lipinski definition) is 5. The van der Waals surface area contributed by atoms with E-state index in [1.807, 2.05) is 38.2 Å². The van der Waals surface area contributed by atoms with E-state index in [0.29, 0.717) is 31.6 Å². The van der Waals surface area contributed by atoms with Gasteiger partial charge in [0.15, 0.2) is 0 Å². The van der Waals surface area contributed by atoms with E-state index in [4.69, 9.17) is 21.1 Å². The van der Waals surface area contributed by atoms with Crippen molar-refractivity contribution < 1.29 is 4.79 Å². The van der Waals surface area contributed by atoms with E-state index in [1.165, 1.54) is 6.92 Å². The van der Waals surface area contributed by atoms with Gasteiger partial charge in [-0.3, -0.25) is 10.2 Å². The Hall–Kier alpha value is -3.56. The molecule has 2 aromatic heterocycles. The number of amidine groups is 1. The van der Waals surface area contributed by atoms with Gasteiger partial charge in [-0.1, -0.05) is 6.07 Å². The molecule has 2 aromatic carbocycles. The molecular weight excluding hydrogens is 511 g/mol. The Balaban J connectivity index is 0.00000241. The molecule has 0 radical (unpaired) electrons. The van der Waals surface area contributed by atoms with Crippen LogP contribution in [0.1, 0.15) is 41.1 Å². The van der Waals surface area contributed by atoms with E-state index in [-0.39, 0.29) is 36.6 Å². The number of fused-ring (bicyclic) bond motifs is 1. The van der Waals surface area contributed by atoms with Gasteiger partial charge < -0.3 is 25.5 Å². The molecule has 2 heterocycles. The van der Waals surface area contributed by atoms with E-state index < -0.39 is 0 Å². The number of rotatable bonds is 9. The molecule has 0 aliphatic rings. The maximum absolute atomic E-state index is 11.2. The van der Waals surface area contributed by atoms with Gasteiger partial charge in [-0.25, -0.2) is 9.97 Å². The molecular formula is C26H34Cl2N8O. The number of nitrogens with zero attached hydrogens (tertiary/aromatic N) is 4. The highest BCUT2D eigenvalue weighted by atomic mass is 35.5. The lowest BCUT2D eigenvalue weighted by Crippen LogP contribution is -2.23. The Bertz CT molecular complexity index is 1390. The summed E-state index contributed by atoms with van der Waals surface area (Å²) in [6, 6.07) is 13.9. The maximum atomic E-state index is 11.2. The number of imidazole rings is 2. The van der Waals surface area contributed by atoms with Crippen LogP contribution >= 0.6 is 24.8 Å². The first-order valence-electron chi connectivity index (χ1n) is 11.6. The van der Waals surface area contributed by atoms with Gasteiger partial charge in [-0.2, -0.15) is 0 Å². The number of amides is 1. The van der Waals surface area contributed by atoms with Gasteiger partial charge >= 0.3 is 0 Å². The highest BCUT2D eigenvalue weighted by Crippen LogP contribution is 2.21. The van der Waals surface area contributed by atoms with E-state index in [1.54, 1.807) is 0 Å². The minimum absolute atomic E-state index is 0. The SMILES string of the molecule is CC(=O)NCCc1nc(C)c(C)n1Cc1ccc2c(c1)nc(CNc1ccc(C(=N)N)cc1)n2C.Cl.Cl. The lowest BCUT2D eigenvalue weighted by molar-refractivity contribution is -0.118. The molecule has 0 bridgehead atoms. The third-order valence-electron chi connectivity index (χ3n) is 6.28. The highest BCUT2D eigenvalue weighted by molar-refractivity contribution is 5.95. The lowest BCUT2D eigenvalue weighted by Gasteiger charge is -2.11. The first kappa shape index (κ1) is 29.7. The number of halogens is 2. The Morgan fingerprint density at radius 2 is 1.76 bits per heavy atom. The first-order chi connectivity index (χ1) is 16.7. The van der Waals surface area contributed by atoms with Crippen molar-refractivity contribution in [3.8, 4) is 0 Å². The van der Waals surface area contributed by atoms with Crippen LogP contribution in [-0.2, 0) is 31.4 Å². The van der Waals surface area contributed by atoms with Gasteiger partial charge in [0, 0.05) is 50.4 Å². The number of aromatic nitrogens is 4. The van der Waals surface area contributed by atoms with Crippen LogP contribution in [0, 0.1) is 19.3 Å². The molecule has 0 unspecified atom stereocenters. The molecule has 37 heavy (non-hydrogen) atoms. The molecule has 0 saturated heterocycles. The number of benzene rings is 2. The Morgan fingerprint density at radius 3 is 2.41 bits per heavy atom. The largest absolute Gasteiger partial charge is 0.384 e. The molecule has 11 heteroatoms. The third-order valence-corrected chi connectivity index (χ3v) is 6.28. The van der Waals surface area contributed by atoms with Crippen molar-refractivity contribution in [3.05, 3.63) is 76.6 Å². The summed E-state index contributed by atoms with van der Waals surface area (Å²) >= 11 is 0. The van der Waals surface area contributed by atoms with Crippen LogP contribution in [0.4, 0.5) is 5.69 Å². The van der Waals surface area contributed by atoms with Crippen molar-refractivity contribution in [1.29, 1.82) is 5.41 Å². The molecule has 5 N–H and O–H groups in total. The van der Waals surface area contributed by atoms with Crippen molar-refractivity contribution >= 4 is 53.3 Å². The van der Waals surface area contributed by atoms with E-state index in [2.05, 4.69) is 44.9 Å². The fourth-order valence-corrected chi connectivity index (χ4v) is 4.16. The number of carbonyl (C=O) groups is 1. The van der Waals surface area contributed by atoms with E-state index >= 15 is 0 Å². The number of hydrogen-bond donors (Lipinski definition) is 4. The second-order valence-electron chi connectivity index (χ2n) is 8.77. The van der Waals surface area contributed by atoms with Gasteiger partial charge in [0.2, 0.25) is 5.91 Å². The quantitative estimate of drug-likeness (QED) is 0.188. The Labute approximate surface area is 229 Å². The topological polar surface area (TPSA) is 127 Å².